The Bertz CT molecular complexity index is 1490. The highest BCUT2D eigenvalue weighted by Gasteiger charge is 2.18. The van der Waals surface area contributed by atoms with Crippen LogP contribution in [-0.4, -0.2) is 28.3 Å². The molecular formula is C24H18N4O6S2. The van der Waals surface area contributed by atoms with Gasteiger partial charge in [0.2, 0.25) is 0 Å². The monoisotopic (exact) mass is 522 g/mol. The summed E-state index contributed by atoms with van der Waals surface area (Å²) < 4.78 is 58.5. The molecular weight excluding hydrogens is 504 g/mol. The standard InChI is InChI=1S/C24H18N4O6S2/c1-17-3-11-21(12-4-17)35(29,30)33-27-23(15-25)19-7-9-20(10-8-19)24(16-26)28-34-36(31,32)22-13-5-18(2)6-14-22/h3-14H,1-2H3. The maximum absolute atomic E-state index is 12.3. The molecule has 0 heterocycles. The second-order valence-corrected chi connectivity index (χ2v) is 10.4. The van der Waals surface area contributed by atoms with Gasteiger partial charge < -0.3 is 0 Å². The van der Waals surface area contributed by atoms with E-state index < -0.39 is 20.2 Å². The zero-order chi connectivity index (χ0) is 26.3. The number of nitriles is 2. The second kappa shape index (κ2) is 10.8. The Balaban J connectivity index is 1.79. The Hall–Kier alpha value is -4.52. The predicted octanol–water partition coefficient (Wildman–Crippen LogP) is 3.57. The lowest BCUT2D eigenvalue weighted by molar-refractivity contribution is 0.338. The summed E-state index contributed by atoms with van der Waals surface area (Å²) in [5, 5.41) is 25.7. The summed E-state index contributed by atoms with van der Waals surface area (Å²) in [5.74, 6) is 0. The molecule has 3 aromatic rings. The van der Waals surface area contributed by atoms with E-state index in [1.165, 1.54) is 48.5 Å². The van der Waals surface area contributed by atoms with Crippen molar-refractivity contribution in [1.82, 2.24) is 0 Å². The average Bonchev–Trinajstić information content (AvgIpc) is 2.86. The molecule has 0 bridgehead atoms. The molecule has 0 aromatic heterocycles. The first-order valence-corrected chi connectivity index (χ1v) is 12.9. The van der Waals surface area contributed by atoms with Gasteiger partial charge in [0.05, 0.1) is 0 Å². The molecule has 0 N–H and O–H groups in total. The minimum Gasteiger partial charge on any atom is -0.263 e. The van der Waals surface area contributed by atoms with Gasteiger partial charge in [0.1, 0.15) is 21.9 Å². The molecule has 0 atom stereocenters. The molecule has 0 aliphatic rings. The van der Waals surface area contributed by atoms with Gasteiger partial charge in [-0.2, -0.15) is 27.4 Å². The predicted molar refractivity (Wildman–Crippen MR) is 130 cm³/mol. The third kappa shape index (κ3) is 6.33. The largest absolute Gasteiger partial charge is 0.358 e. The van der Waals surface area contributed by atoms with Crippen molar-refractivity contribution < 1.29 is 25.4 Å². The van der Waals surface area contributed by atoms with Gasteiger partial charge in [-0.15, -0.1) is 0 Å². The van der Waals surface area contributed by atoms with E-state index in [2.05, 4.69) is 18.9 Å². The van der Waals surface area contributed by atoms with Crippen LogP contribution in [0.2, 0.25) is 0 Å². The van der Waals surface area contributed by atoms with Gasteiger partial charge in [0, 0.05) is 11.1 Å². The highest BCUT2D eigenvalue weighted by atomic mass is 32.2. The summed E-state index contributed by atoms with van der Waals surface area (Å²) in [4.78, 5) is -0.250. The van der Waals surface area contributed by atoms with Crippen LogP contribution < -0.4 is 0 Å². The highest BCUT2D eigenvalue weighted by Crippen LogP contribution is 2.16. The van der Waals surface area contributed by atoms with Crippen molar-refractivity contribution >= 4 is 31.7 Å². The maximum Gasteiger partial charge on any atom is 0.358 e. The fraction of sp³-hybridized carbons (Fsp3) is 0.0833. The molecule has 36 heavy (non-hydrogen) atoms. The van der Waals surface area contributed by atoms with Crippen molar-refractivity contribution in [2.75, 3.05) is 0 Å². The number of rotatable bonds is 8. The molecule has 10 nitrogen and oxygen atoms in total. The summed E-state index contributed by atoms with van der Waals surface area (Å²) in [5.41, 5.74) is 1.40. The van der Waals surface area contributed by atoms with Gasteiger partial charge in [-0.3, -0.25) is 8.57 Å². The molecule has 0 fully saturated rings. The van der Waals surface area contributed by atoms with Crippen molar-refractivity contribution in [2.45, 2.75) is 23.6 Å². The van der Waals surface area contributed by atoms with Crippen LogP contribution in [0, 0.1) is 36.5 Å². The summed E-state index contributed by atoms with van der Waals surface area (Å²) in [6.07, 6.45) is 0. The van der Waals surface area contributed by atoms with Gasteiger partial charge in [-0.05, 0) is 38.1 Å². The molecule has 0 unspecified atom stereocenters. The lowest BCUT2D eigenvalue weighted by Crippen LogP contribution is -2.07. The number of nitrogens with zero attached hydrogens (tertiary/aromatic N) is 4. The number of hydrogen-bond donors (Lipinski definition) is 0. The van der Waals surface area contributed by atoms with E-state index in [1.54, 1.807) is 50.3 Å². The Morgan fingerprint density at radius 2 is 0.917 bits per heavy atom. The smallest absolute Gasteiger partial charge is 0.263 e. The third-order valence-electron chi connectivity index (χ3n) is 4.72. The van der Waals surface area contributed by atoms with Crippen molar-refractivity contribution in [3.8, 4) is 12.1 Å². The molecule has 0 spiro atoms. The Kier molecular flexibility index (Phi) is 7.84. The van der Waals surface area contributed by atoms with Gasteiger partial charge in [0.25, 0.3) is 0 Å². The molecule has 12 heteroatoms. The van der Waals surface area contributed by atoms with E-state index in [0.29, 0.717) is 0 Å². The van der Waals surface area contributed by atoms with Crippen LogP contribution in [0.3, 0.4) is 0 Å². The van der Waals surface area contributed by atoms with E-state index >= 15 is 0 Å². The first-order chi connectivity index (χ1) is 17.1. The van der Waals surface area contributed by atoms with Crippen LogP contribution in [0.4, 0.5) is 0 Å². The van der Waals surface area contributed by atoms with Gasteiger partial charge in [-0.1, -0.05) is 70.0 Å². The molecule has 3 rings (SSSR count). The topological polar surface area (TPSA) is 159 Å². The molecule has 0 aliphatic heterocycles. The summed E-state index contributed by atoms with van der Waals surface area (Å²) in [7, 11) is -8.47. The van der Waals surface area contributed by atoms with E-state index in [-0.39, 0.29) is 32.3 Å². The average molecular weight is 523 g/mol. The Morgan fingerprint density at radius 1 is 0.611 bits per heavy atom. The molecule has 0 amide bonds. The van der Waals surface area contributed by atoms with E-state index in [0.717, 1.165) is 11.1 Å². The van der Waals surface area contributed by atoms with Crippen LogP contribution in [0.1, 0.15) is 22.3 Å². The molecule has 0 saturated carbocycles. The minimum atomic E-state index is -4.24. The van der Waals surface area contributed by atoms with Crippen LogP contribution in [-0.2, 0) is 28.8 Å². The quantitative estimate of drug-likeness (QED) is 0.321. The van der Waals surface area contributed by atoms with Gasteiger partial charge in [-0.25, -0.2) is 0 Å². The van der Waals surface area contributed by atoms with Crippen molar-refractivity contribution in [2.24, 2.45) is 10.3 Å². The fourth-order valence-electron chi connectivity index (χ4n) is 2.73. The van der Waals surface area contributed by atoms with Crippen LogP contribution in [0.15, 0.2) is 92.9 Å². The van der Waals surface area contributed by atoms with Crippen molar-refractivity contribution in [3.63, 3.8) is 0 Å². The first kappa shape index (κ1) is 26.1. The summed E-state index contributed by atoms with van der Waals surface area (Å²) in [6.45, 7) is 3.59. The summed E-state index contributed by atoms with van der Waals surface area (Å²) >= 11 is 0. The van der Waals surface area contributed by atoms with Gasteiger partial charge in [0.15, 0.2) is 11.4 Å². The van der Waals surface area contributed by atoms with E-state index in [1.807, 2.05) is 0 Å². The molecule has 0 saturated heterocycles. The number of benzene rings is 3. The third-order valence-corrected chi connectivity index (χ3v) is 6.96. The zero-order valence-electron chi connectivity index (χ0n) is 19.0. The zero-order valence-corrected chi connectivity index (χ0v) is 20.6. The van der Waals surface area contributed by atoms with Crippen LogP contribution >= 0.6 is 0 Å². The highest BCUT2D eigenvalue weighted by molar-refractivity contribution is 7.87. The Morgan fingerprint density at radius 3 is 1.19 bits per heavy atom. The molecule has 3 aromatic carbocycles. The lowest BCUT2D eigenvalue weighted by Gasteiger charge is -2.04. The first-order valence-electron chi connectivity index (χ1n) is 10.1. The second-order valence-electron chi connectivity index (χ2n) is 7.36. The molecule has 182 valence electrons. The van der Waals surface area contributed by atoms with E-state index in [4.69, 9.17) is 0 Å². The lowest BCUT2D eigenvalue weighted by atomic mass is 10.1. The Labute approximate surface area is 208 Å². The molecule has 0 radical (unpaired) electrons. The molecule has 0 aliphatic carbocycles. The summed E-state index contributed by atoms with van der Waals surface area (Å²) in [6, 6.07) is 20.7. The number of oxime groups is 2. The van der Waals surface area contributed by atoms with Crippen LogP contribution in [0.5, 0.6) is 0 Å². The van der Waals surface area contributed by atoms with Crippen molar-refractivity contribution in [1.29, 1.82) is 10.5 Å². The van der Waals surface area contributed by atoms with E-state index in [9.17, 15) is 27.4 Å². The number of aryl methyl sites for hydroxylation is 2. The normalized spacial score (nSPS) is 12.3. The van der Waals surface area contributed by atoms with Gasteiger partial charge >= 0.3 is 20.2 Å². The van der Waals surface area contributed by atoms with Crippen molar-refractivity contribution in [3.05, 3.63) is 95.1 Å². The maximum atomic E-state index is 12.3. The number of hydrogen-bond acceptors (Lipinski definition) is 10. The van der Waals surface area contributed by atoms with Crippen LogP contribution in [0.25, 0.3) is 0 Å². The fourth-order valence-corrected chi connectivity index (χ4v) is 4.19. The minimum absolute atomic E-state index is 0.125. The SMILES string of the molecule is Cc1ccc(S(=O)(=O)ON=C(C#N)c2ccc(C(C#N)=NOS(=O)(=O)c3ccc(C)cc3)cc2)cc1.